The Morgan fingerprint density at radius 3 is 2.36 bits per heavy atom. The summed E-state index contributed by atoms with van der Waals surface area (Å²) in [5, 5.41) is 18.1. The first-order valence-corrected chi connectivity index (χ1v) is 8.81. The van der Waals surface area contributed by atoms with E-state index in [2.05, 4.69) is 28.2 Å². The van der Waals surface area contributed by atoms with Crippen LogP contribution < -0.4 is 10.1 Å². The molecule has 0 bridgehead atoms. The Kier molecular flexibility index (Phi) is 13.7. The Labute approximate surface area is 156 Å². The second-order valence-corrected chi connectivity index (χ2v) is 6.00. The Balaban J connectivity index is 0.000000823. The molecule has 0 aliphatic rings. The Morgan fingerprint density at radius 1 is 1.12 bits per heavy atom. The average Bonchev–Trinajstić information content (AvgIpc) is 2.55. The van der Waals surface area contributed by atoms with Gasteiger partial charge >= 0.3 is 11.9 Å². The number of hydrogen-bond acceptors (Lipinski definition) is 5. The normalized spacial score (nSPS) is 9.88. The lowest BCUT2D eigenvalue weighted by Crippen LogP contribution is -2.21. The fourth-order valence-corrected chi connectivity index (χ4v) is 2.13. The number of halogens is 1. The molecule has 0 atom stereocenters. The standard InChI is InChI=1S/C15H24BrNO2.C2H2O4/c1-3-4-7-17-8-9-18-10-11-19-15-6-5-14(16)12-13(15)2;3-1(4)2(5)6/h5-6,12,17H,3-4,7-11H2,1-2H3;(H,3,4)(H,5,6). The third kappa shape index (κ3) is 13.3. The number of nitrogens with one attached hydrogen (secondary N) is 1. The van der Waals surface area contributed by atoms with Gasteiger partial charge in [-0.15, -0.1) is 0 Å². The van der Waals surface area contributed by atoms with Crippen molar-refractivity contribution < 1.29 is 29.3 Å². The summed E-state index contributed by atoms with van der Waals surface area (Å²) >= 11 is 3.44. The van der Waals surface area contributed by atoms with Crippen molar-refractivity contribution in [3.63, 3.8) is 0 Å². The molecule has 0 aliphatic carbocycles. The fraction of sp³-hybridized carbons (Fsp3) is 0.529. The smallest absolute Gasteiger partial charge is 0.414 e. The number of carboxylic acid groups (broad SMARTS) is 2. The summed E-state index contributed by atoms with van der Waals surface area (Å²) in [6, 6.07) is 6.01. The predicted molar refractivity (Wildman–Crippen MR) is 98.2 cm³/mol. The van der Waals surface area contributed by atoms with Crippen molar-refractivity contribution in [2.75, 3.05) is 32.9 Å². The van der Waals surface area contributed by atoms with Crippen LogP contribution >= 0.6 is 15.9 Å². The van der Waals surface area contributed by atoms with E-state index >= 15 is 0 Å². The van der Waals surface area contributed by atoms with Crippen LogP contribution in [0.3, 0.4) is 0 Å². The minimum absolute atomic E-state index is 0.595. The predicted octanol–water partition coefficient (Wildman–Crippen LogP) is 2.70. The molecule has 1 rings (SSSR count). The maximum Gasteiger partial charge on any atom is 0.414 e. The van der Waals surface area contributed by atoms with Crippen LogP contribution in [0.25, 0.3) is 0 Å². The molecular weight excluding hydrogens is 394 g/mol. The van der Waals surface area contributed by atoms with Crippen LogP contribution in [0.1, 0.15) is 25.3 Å². The Bertz CT molecular complexity index is 512. The molecule has 0 spiro atoms. The highest BCUT2D eigenvalue weighted by molar-refractivity contribution is 9.10. The van der Waals surface area contributed by atoms with Crippen molar-refractivity contribution in [2.45, 2.75) is 26.7 Å². The molecular formula is C17H26BrNO6. The van der Waals surface area contributed by atoms with E-state index in [-0.39, 0.29) is 0 Å². The zero-order chi connectivity index (χ0) is 19.1. The maximum atomic E-state index is 9.10. The molecule has 0 fully saturated rings. The zero-order valence-corrected chi connectivity index (χ0v) is 16.2. The highest BCUT2D eigenvalue weighted by Crippen LogP contribution is 2.21. The van der Waals surface area contributed by atoms with E-state index in [0.717, 1.165) is 35.5 Å². The molecule has 0 unspecified atom stereocenters. The van der Waals surface area contributed by atoms with Gasteiger partial charge in [-0.3, -0.25) is 0 Å². The van der Waals surface area contributed by atoms with Gasteiger partial charge in [0.1, 0.15) is 12.4 Å². The second kappa shape index (κ2) is 14.7. The Morgan fingerprint density at radius 2 is 1.80 bits per heavy atom. The third-order valence-electron chi connectivity index (χ3n) is 2.94. The summed E-state index contributed by atoms with van der Waals surface area (Å²) < 4.78 is 12.2. The summed E-state index contributed by atoms with van der Waals surface area (Å²) in [5.74, 6) is -2.72. The zero-order valence-electron chi connectivity index (χ0n) is 14.6. The minimum atomic E-state index is -1.82. The van der Waals surface area contributed by atoms with Gasteiger partial charge < -0.3 is 25.0 Å². The summed E-state index contributed by atoms with van der Waals surface area (Å²) in [7, 11) is 0. The molecule has 3 N–H and O–H groups in total. The van der Waals surface area contributed by atoms with Crippen LogP contribution in [0.15, 0.2) is 22.7 Å². The van der Waals surface area contributed by atoms with E-state index in [4.69, 9.17) is 29.3 Å². The minimum Gasteiger partial charge on any atom is -0.491 e. The molecule has 25 heavy (non-hydrogen) atoms. The summed E-state index contributed by atoms with van der Waals surface area (Å²) in [6.45, 7) is 8.19. The van der Waals surface area contributed by atoms with Crippen LogP contribution in [-0.2, 0) is 14.3 Å². The largest absolute Gasteiger partial charge is 0.491 e. The maximum absolute atomic E-state index is 9.10. The van der Waals surface area contributed by atoms with E-state index in [1.165, 1.54) is 12.8 Å². The number of carboxylic acids is 2. The van der Waals surface area contributed by atoms with Gasteiger partial charge in [-0.2, -0.15) is 0 Å². The molecule has 0 saturated heterocycles. The number of benzene rings is 1. The molecule has 1 aromatic rings. The van der Waals surface area contributed by atoms with Crippen LogP contribution in [-0.4, -0.2) is 55.1 Å². The summed E-state index contributed by atoms with van der Waals surface area (Å²) in [4.78, 5) is 18.2. The van der Waals surface area contributed by atoms with Crippen molar-refractivity contribution in [1.29, 1.82) is 0 Å². The highest BCUT2D eigenvalue weighted by Gasteiger charge is 2.04. The summed E-state index contributed by atoms with van der Waals surface area (Å²) in [5.41, 5.74) is 1.13. The number of rotatable bonds is 10. The monoisotopic (exact) mass is 419 g/mol. The molecule has 8 heteroatoms. The number of carbonyl (C=O) groups is 2. The first-order valence-electron chi connectivity index (χ1n) is 8.02. The molecule has 0 aromatic heterocycles. The van der Waals surface area contributed by atoms with E-state index in [0.29, 0.717) is 13.2 Å². The average molecular weight is 420 g/mol. The van der Waals surface area contributed by atoms with E-state index in [1.54, 1.807) is 0 Å². The van der Waals surface area contributed by atoms with Crippen LogP contribution in [0.4, 0.5) is 0 Å². The molecule has 7 nitrogen and oxygen atoms in total. The van der Waals surface area contributed by atoms with Crippen molar-refractivity contribution in [3.8, 4) is 5.75 Å². The topological polar surface area (TPSA) is 105 Å². The molecule has 0 saturated carbocycles. The van der Waals surface area contributed by atoms with E-state index in [9.17, 15) is 0 Å². The van der Waals surface area contributed by atoms with Gasteiger partial charge in [-0.05, 0) is 43.7 Å². The summed E-state index contributed by atoms with van der Waals surface area (Å²) in [6.07, 6.45) is 2.46. The lowest BCUT2D eigenvalue weighted by Gasteiger charge is -2.10. The third-order valence-corrected chi connectivity index (χ3v) is 3.43. The van der Waals surface area contributed by atoms with Crippen LogP contribution in [0.5, 0.6) is 5.75 Å². The van der Waals surface area contributed by atoms with Gasteiger partial charge in [0.05, 0.1) is 13.2 Å². The lowest BCUT2D eigenvalue weighted by atomic mass is 10.2. The number of aryl methyl sites for hydroxylation is 1. The first kappa shape index (κ1) is 23.4. The van der Waals surface area contributed by atoms with Crippen LogP contribution in [0, 0.1) is 6.92 Å². The quantitative estimate of drug-likeness (QED) is 0.395. The van der Waals surface area contributed by atoms with Gasteiger partial charge in [-0.1, -0.05) is 29.3 Å². The van der Waals surface area contributed by atoms with Gasteiger partial charge in [0.25, 0.3) is 0 Å². The SMILES string of the molecule is CCCCNCCOCCOc1ccc(Br)cc1C.O=C(O)C(=O)O. The number of unbranched alkanes of at least 4 members (excludes halogenated alkanes) is 1. The van der Waals surface area contributed by atoms with Crippen molar-refractivity contribution >= 4 is 27.9 Å². The Hall–Kier alpha value is -1.64. The molecule has 1 aromatic carbocycles. The van der Waals surface area contributed by atoms with Gasteiger partial charge in [0.15, 0.2) is 0 Å². The highest BCUT2D eigenvalue weighted by atomic mass is 79.9. The lowest BCUT2D eigenvalue weighted by molar-refractivity contribution is -0.159. The van der Waals surface area contributed by atoms with Gasteiger partial charge in [-0.25, -0.2) is 9.59 Å². The van der Waals surface area contributed by atoms with E-state index < -0.39 is 11.9 Å². The van der Waals surface area contributed by atoms with Crippen molar-refractivity contribution in [2.24, 2.45) is 0 Å². The molecule has 0 radical (unpaired) electrons. The van der Waals surface area contributed by atoms with Crippen molar-refractivity contribution in [1.82, 2.24) is 5.32 Å². The molecule has 0 heterocycles. The first-order chi connectivity index (χ1) is 11.9. The number of aliphatic carboxylic acids is 2. The van der Waals surface area contributed by atoms with E-state index in [1.807, 2.05) is 25.1 Å². The molecule has 142 valence electrons. The molecule has 0 amide bonds. The fourth-order valence-electron chi connectivity index (χ4n) is 1.66. The van der Waals surface area contributed by atoms with Crippen LogP contribution in [0.2, 0.25) is 0 Å². The second-order valence-electron chi connectivity index (χ2n) is 5.08. The van der Waals surface area contributed by atoms with Gasteiger partial charge in [0, 0.05) is 11.0 Å². The molecule has 0 aliphatic heterocycles. The van der Waals surface area contributed by atoms with Gasteiger partial charge in [0.2, 0.25) is 0 Å². The number of ether oxygens (including phenoxy) is 2. The van der Waals surface area contributed by atoms with Crippen molar-refractivity contribution in [3.05, 3.63) is 28.2 Å². The number of hydrogen-bond donors (Lipinski definition) is 3.